The van der Waals surface area contributed by atoms with Crippen LogP contribution in [0.25, 0.3) is 0 Å². The van der Waals surface area contributed by atoms with Gasteiger partial charge in [0, 0.05) is 24.9 Å². The summed E-state index contributed by atoms with van der Waals surface area (Å²) in [6, 6.07) is 15.5. The first-order valence-electron chi connectivity index (χ1n) is 7.47. The molecule has 0 unspecified atom stereocenters. The van der Waals surface area contributed by atoms with E-state index in [0.717, 1.165) is 22.3 Å². The molecule has 114 valence electrons. The highest BCUT2D eigenvalue weighted by molar-refractivity contribution is 5.99. The number of hydrogen-bond donors (Lipinski definition) is 1. The molecule has 2 aromatic rings. The van der Waals surface area contributed by atoms with Crippen LogP contribution in [0.2, 0.25) is 0 Å². The number of carbonyl (C=O) groups is 2. The first kappa shape index (κ1) is 16.0. The number of ketones is 1. The van der Waals surface area contributed by atoms with Gasteiger partial charge >= 0.3 is 0 Å². The summed E-state index contributed by atoms with van der Waals surface area (Å²) >= 11 is 0. The Labute approximate surface area is 131 Å². The van der Waals surface area contributed by atoms with Crippen molar-refractivity contribution in [1.29, 1.82) is 0 Å². The molecule has 3 nitrogen and oxygen atoms in total. The summed E-state index contributed by atoms with van der Waals surface area (Å²) < 4.78 is 0. The van der Waals surface area contributed by atoms with Crippen LogP contribution in [0.1, 0.15) is 39.9 Å². The van der Waals surface area contributed by atoms with Crippen LogP contribution >= 0.6 is 0 Å². The fourth-order valence-electron chi connectivity index (χ4n) is 2.28. The van der Waals surface area contributed by atoms with Gasteiger partial charge in [0.25, 0.3) is 0 Å². The van der Waals surface area contributed by atoms with Gasteiger partial charge in [-0.1, -0.05) is 48.0 Å². The van der Waals surface area contributed by atoms with Gasteiger partial charge in [-0.2, -0.15) is 0 Å². The van der Waals surface area contributed by atoms with E-state index in [1.54, 1.807) is 0 Å². The van der Waals surface area contributed by atoms with Crippen LogP contribution < -0.4 is 5.32 Å². The van der Waals surface area contributed by atoms with Crippen LogP contribution in [0.3, 0.4) is 0 Å². The number of benzene rings is 2. The number of amides is 1. The smallest absolute Gasteiger partial charge is 0.220 e. The van der Waals surface area contributed by atoms with Gasteiger partial charge in [0.2, 0.25) is 5.91 Å². The maximum atomic E-state index is 12.2. The van der Waals surface area contributed by atoms with Crippen molar-refractivity contribution in [2.24, 2.45) is 0 Å². The molecule has 0 saturated heterocycles. The van der Waals surface area contributed by atoms with Crippen molar-refractivity contribution in [2.45, 2.75) is 33.2 Å². The minimum atomic E-state index is -0.0949. The molecule has 0 aliphatic heterocycles. The molecule has 0 aliphatic carbocycles. The molecule has 0 fully saturated rings. The van der Waals surface area contributed by atoms with Crippen molar-refractivity contribution >= 4 is 11.7 Å². The van der Waals surface area contributed by atoms with Crippen LogP contribution in [-0.4, -0.2) is 11.7 Å². The van der Waals surface area contributed by atoms with Gasteiger partial charge in [-0.05, 0) is 31.0 Å². The average Bonchev–Trinajstić information content (AvgIpc) is 2.54. The van der Waals surface area contributed by atoms with E-state index in [4.69, 9.17) is 0 Å². The maximum Gasteiger partial charge on any atom is 0.220 e. The predicted octanol–water partition coefficient (Wildman–Crippen LogP) is 3.58. The van der Waals surface area contributed by atoms with Crippen molar-refractivity contribution in [2.75, 3.05) is 0 Å². The first-order valence-corrected chi connectivity index (χ1v) is 7.47. The lowest BCUT2D eigenvalue weighted by Gasteiger charge is -2.07. The second kappa shape index (κ2) is 7.55. The van der Waals surface area contributed by atoms with E-state index in [2.05, 4.69) is 5.32 Å². The van der Waals surface area contributed by atoms with Crippen LogP contribution in [0.4, 0.5) is 0 Å². The van der Waals surface area contributed by atoms with Crippen molar-refractivity contribution in [3.05, 3.63) is 70.8 Å². The zero-order valence-electron chi connectivity index (χ0n) is 13.1. The van der Waals surface area contributed by atoms with E-state index < -0.39 is 0 Å². The molecule has 2 aromatic carbocycles. The third kappa shape index (κ3) is 4.55. The summed E-state index contributed by atoms with van der Waals surface area (Å²) in [4.78, 5) is 24.1. The Hall–Kier alpha value is -2.42. The zero-order chi connectivity index (χ0) is 15.9. The number of carbonyl (C=O) groups excluding carboxylic acids is 2. The lowest BCUT2D eigenvalue weighted by molar-refractivity contribution is -0.121. The van der Waals surface area contributed by atoms with Gasteiger partial charge in [-0.3, -0.25) is 9.59 Å². The van der Waals surface area contributed by atoms with E-state index in [-0.39, 0.29) is 24.5 Å². The Morgan fingerprint density at radius 3 is 2.41 bits per heavy atom. The Balaban J connectivity index is 1.83. The van der Waals surface area contributed by atoms with Crippen LogP contribution in [0, 0.1) is 13.8 Å². The van der Waals surface area contributed by atoms with E-state index in [0.29, 0.717) is 6.54 Å². The van der Waals surface area contributed by atoms with E-state index >= 15 is 0 Å². The Bertz CT molecular complexity index is 662. The normalized spacial score (nSPS) is 10.3. The van der Waals surface area contributed by atoms with Gasteiger partial charge in [-0.15, -0.1) is 0 Å². The highest BCUT2D eigenvalue weighted by Crippen LogP contribution is 2.13. The largest absolute Gasteiger partial charge is 0.352 e. The Morgan fingerprint density at radius 2 is 1.68 bits per heavy atom. The molecule has 0 atom stereocenters. The predicted molar refractivity (Wildman–Crippen MR) is 87.8 cm³/mol. The third-order valence-corrected chi connectivity index (χ3v) is 3.61. The molecule has 0 saturated carbocycles. The molecule has 0 spiro atoms. The molecule has 0 heterocycles. The molecule has 1 N–H and O–H groups in total. The Kier molecular flexibility index (Phi) is 5.48. The summed E-state index contributed by atoms with van der Waals surface area (Å²) in [6.07, 6.45) is 0.462. The molecule has 3 heteroatoms. The van der Waals surface area contributed by atoms with Gasteiger partial charge in [-0.25, -0.2) is 0 Å². The first-order chi connectivity index (χ1) is 10.6. The van der Waals surface area contributed by atoms with E-state index in [1.807, 2.05) is 62.4 Å². The second-order valence-corrected chi connectivity index (χ2v) is 5.50. The third-order valence-electron chi connectivity index (χ3n) is 3.61. The lowest BCUT2D eigenvalue weighted by atomic mass is 9.99. The average molecular weight is 295 g/mol. The summed E-state index contributed by atoms with van der Waals surface area (Å²) in [6.45, 7) is 4.38. The minimum Gasteiger partial charge on any atom is -0.352 e. The molecule has 0 aliphatic rings. The molecular formula is C19H21NO2. The highest BCUT2D eigenvalue weighted by Gasteiger charge is 2.11. The number of aryl methyl sites for hydroxylation is 2. The van der Waals surface area contributed by atoms with Crippen molar-refractivity contribution in [3.8, 4) is 0 Å². The summed E-state index contributed by atoms with van der Waals surface area (Å²) in [5.41, 5.74) is 3.79. The summed E-state index contributed by atoms with van der Waals surface area (Å²) in [7, 11) is 0. The zero-order valence-corrected chi connectivity index (χ0v) is 13.1. The van der Waals surface area contributed by atoms with Gasteiger partial charge in [0.05, 0.1) is 0 Å². The number of hydrogen-bond acceptors (Lipinski definition) is 2. The quantitative estimate of drug-likeness (QED) is 0.828. The standard InChI is InChI=1S/C19H21NO2/c1-14-8-9-15(2)17(12-14)18(21)10-11-19(22)20-13-16-6-4-3-5-7-16/h3-9,12H,10-11,13H2,1-2H3,(H,20,22). The van der Waals surface area contributed by atoms with Gasteiger partial charge in [0.15, 0.2) is 5.78 Å². The van der Waals surface area contributed by atoms with E-state index in [9.17, 15) is 9.59 Å². The molecule has 1 amide bonds. The minimum absolute atomic E-state index is 0.0241. The Morgan fingerprint density at radius 1 is 0.955 bits per heavy atom. The lowest BCUT2D eigenvalue weighted by Crippen LogP contribution is -2.23. The molecule has 22 heavy (non-hydrogen) atoms. The number of nitrogens with one attached hydrogen (secondary N) is 1. The molecule has 0 bridgehead atoms. The molecule has 0 aromatic heterocycles. The number of rotatable bonds is 6. The van der Waals surface area contributed by atoms with Crippen LogP contribution in [0.15, 0.2) is 48.5 Å². The fourth-order valence-corrected chi connectivity index (χ4v) is 2.28. The fraction of sp³-hybridized carbons (Fsp3) is 0.263. The van der Waals surface area contributed by atoms with Gasteiger partial charge < -0.3 is 5.32 Å². The second-order valence-electron chi connectivity index (χ2n) is 5.50. The molecular weight excluding hydrogens is 274 g/mol. The highest BCUT2D eigenvalue weighted by atomic mass is 16.2. The number of Topliss-reactive ketones (excluding diaryl/α,β-unsaturated/α-hetero) is 1. The topological polar surface area (TPSA) is 46.2 Å². The van der Waals surface area contributed by atoms with Crippen LogP contribution in [-0.2, 0) is 11.3 Å². The summed E-state index contributed by atoms with van der Waals surface area (Å²) in [5, 5.41) is 2.84. The van der Waals surface area contributed by atoms with Gasteiger partial charge in [0.1, 0.15) is 0 Å². The van der Waals surface area contributed by atoms with Crippen molar-refractivity contribution < 1.29 is 9.59 Å². The van der Waals surface area contributed by atoms with E-state index in [1.165, 1.54) is 0 Å². The van der Waals surface area contributed by atoms with Crippen LogP contribution in [0.5, 0.6) is 0 Å². The van der Waals surface area contributed by atoms with Crippen molar-refractivity contribution in [1.82, 2.24) is 5.32 Å². The monoisotopic (exact) mass is 295 g/mol. The SMILES string of the molecule is Cc1ccc(C)c(C(=O)CCC(=O)NCc2ccccc2)c1. The summed E-state index contributed by atoms with van der Waals surface area (Å²) in [5.74, 6) is -0.0708. The van der Waals surface area contributed by atoms with Crippen molar-refractivity contribution in [3.63, 3.8) is 0 Å². The molecule has 2 rings (SSSR count). The maximum absolute atomic E-state index is 12.2. The molecule has 0 radical (unpaired) electrons.